The van der Waals surface area contributed by atoms with E-state index in [1.54, 1.807) is 30.3 Å². The Morgan fingerprint density at radius 3 is 2.28 bits per heavy atom. The lowest BCUT2D eigenvalue weighted by Crippen LogP contribution is -1.96. The van der Waals surface area contributed by atoms with E-state index >= 15 is 0 Å². The molecule has 0 radical (unpaired) electrons. The van der Waals surface area contributed by atoms with Crippen molar-refractivity contribution in [2.75, 3.05) is 11.5 Å². The van der Waals surface area contributed by atoms with Gasteiger partial charge >= 0.3 is 0 Å². The number of ketones is 1. The van der Waals surface area contributed by atoms with Gasteiger partial charge in [0, 0.05) is 28.1 Å². The number of nitrogens with two attached hydrogens (primary N) is 2. The Balaban J connectivity index is 0.000000810. The molecule has 0 heterocycles. The van der Waals surface area contributed by atoms with Crippen LogP contribution in [0.4, 0.5) is 11.4 Å². The number of nitrogen functional groups attached to an aromatic ring is 2. The second kappa shape index (κ2) is 4.88. The van der Waals surface area contributed by atoms with Crippen molar-refractivity contribution in [1.29, 1.82) is 0 Å². The molecule has 5 heteroatoms. The van der Waals surface area contributed by atoms with Gasteiger partial charge in [-0.25, -0.2) is 0 Å². The highest BCUT2D eigenvalue weighted by Gasteiger charge is 2.27. The van der Waals surface area contributed by atoms with Crippen LogP contribution in [-0.2, 0) is 0 Å². The lowest BCUT2D eigenvalue weighted by Gasteiger charge is -2.03. The topological polar surface area (TPSA) is 69.1 Å². The average Bonchev–Trinajstić information content (AvgIpc) is 2.55. The summed E-state index contributed by atoms with van der Waals surface area (Å²) in [5.74, 6) is 0.00426. The highest BCUT2D eigenvalue weighted by molar-refractivity contribution is 6.23. The van der Waals surface area contributed by atoms with Crippen molar-refractivity contribution in [3.8, 4) is 11.1 Å². The highest BCUT2D eigenvalue weighted by atomic mass is 35.5. The smallest absolute Gasteiger partial charge is 0.194 e. The Hall–Kier alpha value is -1.71. The van der Waals surface area contributed by atoms with Crippen molar-refractivity contribution in [3.63, 3.8) is 0 Å². The number of anilines is 2. The summed E-state index contributed by atoms with van der Waals surface area (Å²) in [6.07, 6.45) is 0. The van der Waals surface area contributed by atoms with Gasteiger partial charge in [0.1, 0.15) is 0 Å². The zero-order valence-electron chi connectivity index (χ0n) is 9.34. The highest BCUT2D eigenvalue weighted by Crippen LogP contribution is 2.40. The minimum absolute atomic E-state index is 0. The summed E-state index contributed by atoms with van der Waals surface area (Å²) in [7, 11) is 0. The molecule has 0 amide bonds. The van der Waals surface area contributed by atoms with Crippen LogP contribution in [0.15, 0.2) is 36.4 Å². The number of fused-ring (bicyclic) bond motifs is 3. The fourth-order valence-electron chi connectivity index (χ4n) is 2.17. The first kappa shape index (κ1) is 14.4. The molecule has 0 saturated carbocycles. The van der Waals surface area contributed by atoms with Crippen LogP contribution in [-0.4, -0.2) is 5.78 Å². The molecule has 3 nitrogen and oxygen atoms in total. The van der Waals surface area contributed by atoms with Crippen LogP contribution >= 0.6 is 24.8 Å². The van der Waals surface area contributed by atoms with E-state index in [0.29, 0.717) is 22.5 Å². The summed E-state index contributed by atoms with van der Waals surface area (Å²) in [6.45, 7) is 0. The molecule has 2 aromatic carbocycles. The predicted octanol–water partition coefficient (Wildman–Crippen LogP) is 2.91. The fourth-order valence-corrected chi connectivity index (χ4v) is 2.17. The minimum Gasteiger partial charge on any atom is -0.399 e. The van der Waals surface area contributed by atoms with Gasteiger partial charge in [0.15, 0.2) is 5.78 Å². The predicted molar refractivity (Wildman–Crippen MR) is 78.6 cm³/mol. The molecule has 0 spiro atoms. The van der Waals surface area contributed by atoms with Gasteiger partial charge in [-0.1, -0.05) is 18.2 Å². The molecule has 18 heavy (non-hydrogen) atoms. The maximum absolute atomic E-state index is 12.1. The van der Waals surface area contributed by atoms with E-state index in [1.165, 1.54) is 0 Å². The van der Waals surface area contributed by atoms with Gasteiger partial charge < -0.3 is 11.5 Å². The monoisotopic (exact) mass is 282 g/mol. The van der Waals surface area contributed by atoms with Crippen LogP contribution in [0.1, 0.15) is 15.9 Å². The summed E-state index contributed by atoms with van der Waals surface area (Å²) in [5.41, 5.74) is 15.8. The number of rotatable bonds is 0. The molecular weight excluding hydrogens is 271 g/mol. The van der Waals surface area contributed by atoms with Crippen molar-refractivity contribution in [3.05, 3.63) is 47.5 Å². The van der Waals surface area contributed by atoms with Crippen LogP contribution in [0, 0.1) is 0 Å². The third-order valence-corrected chi connectivity index (χ3v) is 2.90. The number of benzene rings is 2. The van der Waals surface area contributed by atoms with E-state index in [2.05, 4.69) is 0 Å². The molecule has 0 unspecified atom stereocenters. The molecule has 1 aliphatic carbocycles. The lowest BCUT2D eigenvalue weighted by atomic mass is 10.0. The molecule has 4 N–H and O–H groups in total. The van der Waals surface area contributed by atoms with E-state index in [4.69, 9.17) is 11.5 Å². The quantitative estimate of drug-likeness (QED) is 0.623. The average molecular weight is 283 g/mol. The molecule has 0 bridgehead atoms. The molecule has 0 aromatic heterocycles. The summed E-state index contributed by atoms with van der Waals surface area (Å²) in [4.78, 5) is 12.1. The van der Waals surface area contributed by atoms with Gasteiger partial charge in [-0.2, -0.15) is 0 Å². The Kier molecular flexibility index (Phi) is 3.89. The van der Waals surface area contributed by atoms with Crippen molar-refractivity contribution in [2.24, 2.45) is 0 Å². The van der Waals surface area contributed by atoms with Crippen LogP contribution in [0.2, 0.25) is 0 Å². The third-order valence-electron chi connectivity index (χ3n) is 2.90. The van der Waals surface area contributed by atoms with Crippen LogP contribution in [0.5, 0.6) is 0 Å². The van der Waals surface area contributed by atoms with E-state index in [-0.39, 0.29) is 30.6 Å². The molecule has 0 fully saturated rings. The lowest BCUT2D eigenvalue weighted by molar-refractivity contribution is 0.104. The van der Waals surface area contributed by atoms with Gasteiger partial charge in [-0.05, 0) is 23.8 Å². The van der Waals surface area contributed by atoms with E-state index < -0.39 is 0 Å². The van der Waals surface area contributed by atoms with Crippen molar-refractivity contribution in [2.45, 2.75) is 0 Å². The Bertz CT molecular complexity index is 626. The maximum atomic E-state index is 12.1. The van der Waals surface area contributed by atoms with Crippen molar-refractivity contribution >= 4 is 42.0 Å². The maximum Gasteiger partial charge on any atom is 0.194 e. The second-order valence-electron chi connectivity index (χ2n) is 3.90. The first-order valence-electron chi connectivity index (χ1n) is 5.01. The third kappa shape index (κ3) is 1.82. The number of hydrogen-bond donors (Lipinski definition) is 2. The molecular formula is C13H12Cl2N2O. The van der Waals surface area contributed by atoms with E-state index in [9.17, 15) is 4.79 Å². The summed E-state index contributed by atoms with van der Waals surface area (Å²) in [5, 5.41) is 0. The number of carbonyl (C=O) groups is 1. The second-order valence-corrected chi connectivity index (χ2v) is 3.90. The van der Waals surface area contributed by atoms with Crippen LogP contribution in [0.25, 0.3) is 11.1 Å². The molecule has 0 atom stereocenters. The van der Waals surface area contributed by atoms with Gasteiger partial charge in [-0.3, -0.25) is 4.79 Å². The first-order chi connectivity index (χ1) is 7.68. The van der Waals surface area contributed by atoms with Crippen molar-refractivity contribution in [1.82, 2.24) is 0 Å². The van der Waals surface area contributed by atoms with E-state index in [1.807, 2.05) is 6.07 Å². The fraction of sp³-hybridized carbons (Fsp3) is 0. The van der Waals surface area contributed by atoms with Crippen LogP contribution in [0.3, 0.4) is 0 Å². The van der Waals surface area contributed by atoms with Crippen molar-refractivity contribution < 1.29 is 4.79 Å². The number of hydrogen-bond acceptors (Lipinski definition) is 3. The molecule has 0 saturated heterocycles. The van der Waals surface area contributed by atoms with Gasteiger partial charge in [0.05, 0.1) is 0 Å². The largest absolute Gasteiger partial charge is 0.399 e. The Morgan fingerprint density at radius 1 is 0.833 bits per heavy atom. The van der Waals surface area contributed by atoms with Gasteiger partial charge in [0.2, 0.25) is 0 Å². The Labute approximate surface area is 117 Å². The summed E-state index contributed by atoms with van der Waals surface area (Å²) >= 11 is 0. The molecule has 94 valence electrons. The normalized spacial score (nSPS) is 11.0. The summed E-state index contributed by atoms with van der Waals surface area (Å²) in [6, 6.07) is 10.7. The number of halogens is 2. The zero-order chi connectivity index (χ0) is 11.3. The number of carbonyl (C=O) groups excluding carboxylic acids is 1. The van der Waals surface area contributed by atoms with Gasteiger partial charge in [-0.15, -0.1) is 24.8 Å². The molecule has 1 aliphatic rings. The first-order valence-corrected chi connectivity index (χ1v) is 5.01. The Morgan fingerprint density at radius 2 is 1.56 bits per heavy atom. The molecule has 0 aliphatic heterocycles. The minimum atomic E-state index is 0. The standard InChI is InChI=1S/C13H10N2O.2ClH/c14-7-4-5-8-10(6-7)13(16)9-2-1-3-11(15)12(8)9;;/h1-6H,14-15H2;2*1H. The summed E-state index contributed by atoms with van der Waals surface area (Å²) < 4.78 is 0. The van der Waals surface area contributed by atoms with Gasteiger partial charge in [0.25, 0.3) is 0 Å². The van der Waals surface area contributed by atoms with E-state index in [0.717, 1.165) is 11.1 Å². The SMILES string of the molecule is Cl.Cl.Nc1ccc2c(c1)C(=O)c1cccc(N)c1-2. The molecule has 2 aromatic rings. The zero-order valence-corrected chi connectivity index (χ0v) is 11.0. The van der Waals surface area contributed by atoms with Crippen LogP contribution < -0.4 is 11.5 Å². The molecule has 3 rings (SSSR count).